The highest BCUT2D eigenvalue weighted by atomic mass is 32.2. The maximum Gasteiger partial charge on any atom is 0.416 e. The molecular formula is C21H23F4N7O2S. The lowest BCUT2D eigenvalue weighted by Crippen LogP contribution is -2.47. The van der Waals surface area contributed by atoms with Crippen molar-refractivity contribution in [3.05, 3.63) is 64.7 Å². The molecule has 1 fully saturated rings. The third kappa shape index (κ3) is 5.44. The van der Waals surface area contributed by atoms with Gasteiger partial charge in [-0.2, -0.15) is 18.0 Å². The molecule has 1 unspecified atom stereocenters. The fraction of sp³-hybridized carbons (Fsp3) is 0.381. The minimum absolute atomic E-state index is 0.0259. The van der Waals surface area contributed by atoms with Crippen LogP contribution in [0.25, 0.3) is 0 Å². The number of sulfonamides is 1. The Morgan fingerprint density at radius 3 is 2.49 bits per heavy atom. The van der Waals surface area contributed by atoms with Gasteiger partial charge in [0, 0.05) is 19.6 Å². The second kappa shape index (κ2) is 9.17. The number of halogens is 4. The van der Waals surface area contributed by atoms with Crippen LogP contribution in [0.2, 0.25) is 0 Å². The van der Waals surface area contributed by atoms with Gasteiger partial charge in [-0.25, -0.2) is 17.9 Å². The lowest BCUT2D eigenvalue weighted by Gasteiger charge is -2.41. The Bertz CT molecular complexity index is 1340. The summed E-state index contributed by atoms with van der Waals surface area (Å²) in [4.78, 5) is 4.58. The van der Waals surface area contributed by atoms with E-state index in [0.717, 1.165) is 18.2 Å². The molecule has 1 aromatic heterocycles. The number of benzene rings is 2. The lowest BCUT2D eigenvalue weighted by atomic mass is 9.94. The average Bonchev–Trinajstić information content (AvgIpc) is 3.17. The molecule has 0 aliphatic carbocycles. The Morgan fingerprint density at radius 2 is 1.89 bits per heavy atom. The molecule has 2 heterocycles. The number of aryl methyl sites for hydroxylation is 1. The SMILES string of the molecule is Cc1nnn(Cc2cc(C(F)(F)F)ccc2C2CN(c3ccc(S(N)(=O)=O)cc3F)CCN2C)n1. The van der Waals surface area contributed by atoms with E-state index in [1.807, 2.05) is 11.9 Å². The monoisotopic (exact) mass is 513 g/mol. The van der Waals surface area contributed by atoms with Gasteiger partial charge < -0.3 is 4.90 Å². The zero-order valence-corrected chi connectivity index (χ0v) is 19.7. The van der Waals surface area contributed by atoms with Gasteiger partial charge in [0.25, 0.3) is 0 Å². The molecule has 0 spiro atoms. The largest absolute Gasteiger partial charge is 0.416 e. The molecule has 0 bridgehead atoms. The van der Waals surface area contributed by atoms with Gasteiger partial charge in [-0.3, -0.25) is 4.90 Å². The highest BCUT2D eigenvalue weighted by Crippen LogP contribution is 2.35. The summed E-state index contributed by atoms with van der Waals surface area (Å²) in [5.74, 6) is -0.368. The van der Waals surface area contributed by atoms with Crippen molar-refractivity contribution in [1.82, 2.24) is 25.1 Å². The summed E-state index contributed by atoms with van der Waals surface area (Å²) in [5.41, 5.74) is 0.355. The number of hydrogen-bond donors (Lipinski definition) is 1. The number of aromatic nitrogens is 4. The first-order valence-corrected chi connectivity index (χ1v) is 12.1. The average molecular weight is 514 g/mol. The summed E-state index contributed by atoms with van der Waals surface area (Å²) in [5, 5.41) is 16.8. The molecule has 2 N–H and O–H groups in total. The summed E-state index contributed by atoms with van der Waals surface area (Å²) in [6.45, 7) is 2.77. The number of likely N-dealkylation sites (N-methyl/N-ethyl adjacent to an activating group) is 1. The minimum Gasteiger partial charge on any atom is -0.366 e. The third-order valence-electron chi connectivity index (χ3n) is 5.93. The number of nitrogens with two attached hydrogens (primary N) is 1. The normalized spacial score (nSPS) is 17.7. The van der Waals surface area contributed by atoms with Crippen LogP contribution in [0.3, 0.4) is 0 Å². The third-order valence-corrected chi connectivity index (χ3v) is 6.84. The van der Waals surface area contributed by atoms with Crippen LogP contribution in [0.1, 0.15) is 28.6 Å². The van der Waals surface area contributed by atoms with E-state index in [2.05, 4.69) is 15.4 Å². The topological polar surface area (TPSA) is 110 Å². The second-order valence-corrected chi connectivity index (χ2v) is 9.94. The number of nitrogens with zero attached hydrogens (tertiary/aromatic N) is 6. The van der Waals surface area contributed by atoms with Gasteiger partial charge in [0.05, 0.1) is 28.7 Å². The molecule has 1 aliphatic rings. The van der Waals surface area contributed by atoms with Gasteiger partial charge in [-0.15, -0.1) is 10.2 Å². The van der Waals surface area contributed by atoms with Crippen LogP contribution < -0.4 is 10.0 Å². The zero-order valence-electron chi connectivity index (χ0n) is 18.9. The lowest BCUT2D eigenvalue weighted by molar-refractivity contribution is -0.137. The van der Waals surface area contributed by atoms with Crippen molar-refractivity contribution in [1.29, 1.82) is 0 Å². The quantitative estimate of drug-likeness (QED) is 0.522. The van der Waals surface area contributed by atoms with E-state index in [1.165, 1.54) is 23.0 Å². The molecule has 0 saturated carbocycles. The number of rotatable bonds is 5. The molecule has 3 aromatic rings. The number of hydrogen-bond acceptors (Lipinski definition) is 7. The van der Waals surface area contributed by atoms with E-state index in [-0.39, 0.29) is 29.7 Å². The molecule has 14 heteroatoms. The molecule has 188 valence electrons. The van der Waals surface area contributed by atoms with Gasteiger partial charge >= 0.3 is 6.18 Å². The van der Waals surface area contributed by atoms with Crippen molar-refractivity contribution < 1.29 is 26.0 Å². The predicted octanol–water partition coefficient (Wildman–Crippen LogP) is 2.33. The van der Waals surface area contributed by atoms with E-state index in [9.17, 15) is 26.0 Å². The number of piperazine rings is 1. The van der Waals surface area contributed by atoms with Crippen LogP contribution in [0.15, 0.2) is 41.3 Å². The number of alkyl halides is 3. The maximum atomic E-state index is 14.8. The summed E-state index contributed by atoms with van der Waals surface area (Å²) < 4.78 is 78.2. The minimum atomic E-state index is -4.53. The second-order valence-electron chi connectivity index (χ2n) is 8.38. The number of tetrazole rings is 1. The summed E-state index contributed by atoms with van der Waals surface area (Å²) in [6, 6.07) is 6.56. The highest BCUT2D eigenvalue weighted by molar-refractivity contribution is 7.89. The fourth-order valence-corrected chi connectivity index (χ4v) is 4.66. The Kier molecular flexibility index (Phi) is 6.55. The van der Waals surface area contributed by atoms with Crippen LogP contribution in [0.4, 0.5) is 23.2 Å². The first kappa shape index (κ1) is 25.0. The summed E-state index contributed by atoms with van der Waals surface area (Å²) >= 11 is 0. The van der Waals surface area contributed by atoms with Gasteiger partial charge in [0.2, 0.25) is 10.0 Å². The van der Waals surface area contributed by atoms with Gasteiger partial charge in [-0.05, 0) is 60.6 Å². The molecular weight excluding hydrogens is 490 g/mol. The molecule has 0 amide bonds. The zero-order chi connectivity index (χ0) is 25.5. The van der Waals surface area contributed by atoms with E-state index in [1.54, 1.807) is 11.8 Å². The van der Waals surface area contributed by atoms with E-state index in [4.69, 9.17) is 5.14 Å². The van der Waals surface area contributed by atoms with E-state index < -0.39 is 27.6 Å². The van der Waals surface area contributed by atoms with Crippen molar-refractivity contribution in [3.63, 3.8) is 0 Å². The van der Waals surface area contributed by atoms with Crippen LogP contribution in [-0.4, -0.2) is 60.2 Å². The standard InChI is InChI=1S/C21H23F4N7O2S/c1-13-27-29-32(28-13)11-14-9-15(21(23,24)25)3-5-17(14)20-12-31(8-7-30(20)2)19-6-4-16(10-18(19)22)35(26,33)34/h3-6,9-10,20H,7-8,11-12H2,1-2H3,(H2,26,33,34). The molecule has 2 aromatic carbocycles. The van der Waals surface area contributed by atoms with Gasteiger partial charge in [-0.1, -0.05) is 6.07 Å². The molecule has 9 nitrogen and oxygen atoms in total. The molecule has 1 aliphatic heterocycles. The van der Waals surface area contributed by atoms with E-state index in [0.29, 0.717) is 30.0 Å². The molecule has 1 saturated heterocycles. The summed E-state index contributed by atoms with van der Waals surface area (Å²) in [6.07, 6.45) is -4.53. The number of anilines is 1. The van der Waals surface area contributed by atoms with Crippen molar-refractivity contribution >= 4 is 15.7 Å². The Balaban J connectivity index is 1.70. The number of primary sulfonamides is 1. The highest BCUT2D eigenvalue weighted by Gasteiger charge is 2.34. The van der Waals surface area contributed by atoms with Crippen molar-refractivity contribution in [3.8, 4) is 0 Å². The summed E-state index contributed by atoms with van der Waals surface area (Å²) in [7, 11) is -2.23. The van der Waals surface area contributed by atoms with Crippen molar-refractivity contribution in [2.45, 2.75) is 30.6 Å². The van der Waals surface area contributed by atoms with Crippen molar-refractivity contribution in [2.75, 3.05) is 31.6 Å². The smallest absolute Gasteiger partial charge is 0.366 e. The Morgan fingerprint density at radius 1 is 1.14 bits per heavy atom. The Labute approximate surface area is 199 Å². The van der Waals surface area contributed by atoms with Crippen LogP contribution in [-0.2, 0) is 22.7 Å². The van der Waals surface area contributed by atoms with Gasteiger partial charge in [0.1, 0.15) is 5.82 Å². The van der Waals surface area contributed by atoms with Crippen LogP contribution >= 0.6 is 0 Å². The van der Waals surface area contributed by atoms with Crippen LogP contribution in [0.5, 0.6) is 0 Å². The van der Waals surface area contributed by atoms with Crippen LogP contribution in [0, 0.1) is 12.7 Å². The first-order chi connectivity index (χ1) is 16.3. The fourth-order valence-electron chi connectivity index (χ4n) is 4.14. The first-order valence-electron chi connectivity index (χ1n) is 10.5. The van der Waals surface area contributed by atoms with Crippen molar-refractivity contribution in [2.24, 2.45) is 5.14 Å². The maximum absolute atomic E-state index is 14.8. The molecule has 0 radical (unpaired) electrons. The van der Waals surface area contributed by atoms with Gasteiger partial charge in [0.15, 0.2) is 5.82 Å². The molecule has 35 heavy (non-hydrogen) atoms. The molecule has 4 rings (SSSR count). The predicted molar refractivity (Wildman–Crippen MR) is 118 cm³/mol. The Hall–Kier alpha value is -3.10. The van der Waals surface area contributed by atoms with E-state index >= 15 is 0 Å². The molecule has 1 atom stereocenters.